The van der Waals surface area contributed by atoms with Crippen LogP contribution in [0.25, 0.3) is 22.5 Å². The number of halogens is 1. The largest absolute Gasteiger partial charge is 0.225 e. The molecule has 0 fully saturated rings. The molecule has 0 radical (unpaired) electrons. The third-order valence-corrected chi connectivity index (χ3v) is 2.33. The Morgan fingerprint density at radius 1 is 1.08 bits per heavy atom. The van der Waals surface area contributed by atoms with Crippen molar-refractivity contribution in [3.63, 3.8) is 0 Å². The molecule has 0 spiro atoms. The highest BCUT2D eigenvalue weighted by molar-refractivity contribution is 6.35. The van der Waals surface area contributed by atoms with Crippen molar-refractivity contribution < 1.29 is 0 Å². The van der Waals surface area contributed by atoms with Crippen molar-refractivity contribution in [2.24, 2.45) is 0 Å². The van der Waals surface area contributed by atoms with E-state index in [1.165, 1.54) is 18.2 Å². The summed E-state index contributed by atoms with van der Waals surface area (Å²) < 4.78 is 0. The highest BCUT2D eigenvalue weighted by Gasteiger charge is 2.24. The summed E-state index contributed by atoms with van der Waals surface area (Å²) in [7, 11) is 0. The van der Waals surface area contributed by atoms with Crippen LogP contribution in [0.3, 0.4) is 0 Å². The molecule has 0 N–H and O–H groups in total. The van der Waals surface area contributed by atoms with E-state index in [0.29, 0.717) is 5.82 Å². The number of rotatable bonds is 1. The zero-order chi connectivity index (χ0) is 8.84. The van der Waals surface area contributed by atoms with E-state index in [2.05, 4.69) is 21.0 Å². The maximum absolute atomic E-state index is 6.00. The van der Waals surface area contributed by atoms with E-state index < -0.39 is 0 Å². The van der Waals surface area contributed by atoms with E-state index >= 15 is 0 Å². The van der Waals surface area contributed by atoms with Crippen LogP contribution in [-0.2, 0) is 0 Å². The summed E-state index contributed by atoms with van der Waals surface area (Å²) in [6.07, 6.45) is 2.95. The summed E-state index contributed by atoms with van der Waals surface area (Å²) in [5.41, 5.74) is 3.29. The quantitative estimate of drug-likeness (QED) is 0.589. The maximum atomic E-state index is 6.00. The Bertz CT molecular complexity index is 482. The highest BCUT2D eigenvalue weighted by Crippen LogP contribution is 2.47. The predicted molar refractivity (Wildman–Crippen MR) is 49.3 cm³/mol. The van der Waals surface area contributed by atoms with Crippen molar-refractivity contribution in [3.8, 4) is 22.5 Å². The summed E-state index contributed by atoms with van der Waals surface area (Å²) in [6, 6.07) is 3.99. The molecule has 3 nitrogen and oxygen atoms in total. The van der Waals surface area contributed by atoms with Crippen LogP contribution in [0.5, 0.6) is 0 Å². The second-order valence-electron chi connectivity index (χ2n) is 2.84. The highest BCUT2D eigenvalue weighted by atomic mass is 35.5. The fourth-order valence-electron chi connectivity index (χ4n) is 1.39. The van der Waals surface area contributed by atoms with Gasteiger partial charge in [-0.3, -0.25) is 0 Å². The summed E-state index contributed by atoms with van der Waals surface area (Å²) in [5, 5.41) is 0.721. The van der Waals surface area contributed by atoms with Crippen molar-refractivity contribution in [2.75, 3.05) is 0 Å². The molecule has 1 heterocycles. The Balaban J connectivity index is 2.21. The zero-order valence-corrected chi connectivity index (χ0v) is 7.28. The van der Waals surface area contributed by atoms with E-state index in [0.717, 1.165) is 16.1 Å². The van der Waals surface area contributed by atoms with Gasteiger partial charge in [-0.1, -0.05) is 11.6 Å². The first-order chi connectivity index (χ1) is 6.36. The minimum absolute atomic E-state index is 0.648. The molecule has 4 heteroatoms. The van der Waals surface area contributed by atoms with Gasteiger partial charge in [-0.05, 0) is 23.3 Å². The molecule has 1 aromatic rings. The molecule has 0 saturated carbocycles. The van der Waals surface area contributed by atoms with Crippen LogP contribution < -0.4 is 0 Å². The van der Waals surface area contributed by atoms with Gasteiger partial charge in [-0.25, -0.2) is 15.0 Å². The minimum atomic E-state index is 0.648. The zero-order valence-electron chi connectivity index (χ0n) is 6.53. The number of aromatic nitrogens is 3. The Morgan fingerprint density at radius 2 is 1.85 bits per heavy atom. The smallest absolute Gasteiger partial charge is 0.164 e. The third kappa shape index (κ3) is 0.939. The average molecular weight is 190 g/mol. The Morgan fingerprint density at radius 3 is 2.46 bits per heavy atom. The van der Waals surface area contributed by atoms with Crippen molar-refractivity contribution in [2.45, 2.75) is 0 Å². The lowest BCUT2D eigenvalue weighted by molar-refractivity contribution is 1.06. The Hall–Kier alpha value is -1.48. The molecule has 0 saturated heterocycles. The van der Waals surface area contributed by atoms with Gasteiger partial charge in [0.1, 0.15) is 12.7 Å². The topological polar surface area (TPSA) is 38.7 Å². The van der Waals surface area contributed by atoms with Crippen LogP contribution in [-0.4, -0.2) is 15.0 Å². The molecular weight excluding hydrogens is 186 g/mol. The summed E-state index contributed by atoms with van der Waals surface area (Å²) in [6.45, 7) is 0. The minimum Gasteiger partial charge on any atom is -0.225 e. The SMILES string of the molecule is Clc1cc2cc-2c1-c1ncncn1. The van der Waals surface area contributed by atoms with Crippen molar-refractivity contribution in [1.82, 2.24) is 15.0 Å². The standard InChI is InChI=1S/C9H4ClN3/c10-7-2-5-1-6(5)8(7)9-12-3-11-4-13-9/h1-4H. The van der Waals surface area contributed by atoms with Crippen LogP contribution >= 0.6 is 11.6 Å². The number of fused-ring (bicyclic) bond motifs is 1. The third-order valence-electron chi connectivity index (χ3n) is 2.03. The fourth-order valence-corrected chi connectivity index (χ4v) is 1.69. The molecule has 2 aliphatic carbocycles. The maximum Gasteiger partial charge on any atom is 0.164 e. The van der Waals surface area contributed by atoms with Gasteiger partial charge in [-0.2, -0.15) is 0 Å². The lowest BCUT2D eigenvalue weighted by atomic mass is 10.3. The molecule has 0 bridgehead atoms. The fraction of sp³-hybridized carbons (Fsp3) is 0. The molecule has 13 heavy (non-hydrogen) atoms. The van der Waals surface area contributed by atoms with Gasteiger partial charge >= 0.3 is 0 Å². The Labute approximate surface area is 79.4 Å². The summed E-state index contributed by atoms with van der Waals surface area (Å²) in [4.78, 5) is 11.9. The van der Waals surface area contributed by atoms with E-state index in [1.54, 1.807) is 0 Å². The molecule has 0 unspecified atom stereocenters. The first kappa shape index (κ1) is 6.97. The second-order valence-corrected chi connectivity index (χ2v) is 3.25. The van der Waals surface area contributed by atoms with Crippen LogP contribution in [0.1, 0.15) is 0 Å². The predicted octanol–water partition coefficient (Wildman–Crippen LogP) is 2.17. The first-order valence-corrected chi connectivity index (χ1v) is 4.20. The van der Waals surface area contributed by atoms with Crippen molar-refractivity contribution in [1.29, 1.82) is 0 Å². The second kappa shape index (κ2) is 2.26. The van der Waals surface area contributed by atoms with Crippen LogP contribution in [0.4, 0.5) is 0 Å². The van der Waals surface area contributed by atoms with Crippen molar-refractivity contribution >= 4 is 11.6 Å². The molecule has 62 valence electrons. The number of nitrogens with zero attached hydrogens (tertiary/aromatic N) is 3. The average Bonchev–Trinajstić information content (AvgIpc) is 2.80. The van der Waals surface area contributed by atoms with Crippen LogP contribution in [0.15, 0.2) is 24.8 Å². The first-order valence-electron chi connectivity index (χ1n) is 3.82. The molecule has 1 aromatic heterocycles. The number of hydrogen-bond donors (Lipinski definition) is 0. The number of benzene rings is 1. The van der Waals surface area contributed by atoms with E-state index in [9.17, 15) is 0 Å². The van der Waals surface area contributed by atoms with Crippen molar-refractivity contribution in [3.05, 3.63) is 29.8 Å². The van der Waals surface area contributed by atoms with Crippen LogP contribution in [0.2, 0.25) is 5.02 Å². The molecular formula is C9H4ClN3. The van der Waals surface area contributed by atoms with E-state index in [-0.39, 0.29) is 0 Å². The van der Waals surface area contributed by atoms with E-state index in [4.69, 9.17) is 11.6 Å². The normalized spacial score (nSPS) is 11.5. The summed E-state index contributed by atoms with van der Waals surface area (Å²) >= 11 is 6.00. The monoisotopic (exact) mass is 189 g/mol. The lowest BCUT2D eigenvalue weighted by Gasteiger charge is -1.95. The molecule has 0 aliphatic heterocycles. The van der Waals surface area contributed by atoms with Gasteiger partial charge in [-0.15, -0.1) is 0 Å². The Kier molecular flexibility index (Phi) is 1.21. The van der Waals surface area contributed by atoms with Gasteiger partial charge in [0.15, 0.2) is 5.82 Å². The molecule has 2 aliphatic rings. The lowest BCUT2D eigenvalue weighted by Crippen LogP contribution is -1.87. The number of hydrogen-bond acceptors (Lipinski definition) is 3. The van der Waals surface area contributed by atoms with Gasteiger partial charge < -0.3 is 0 Å². The van der Waals surface area contributed by atoms with Gasteiger partial charge in [0, 0.05) is 5.56 Å². The van der Waals surface area contributed by atoms with E-state index in [1.807, 2.05) is 6.07 Å². The molecule has 0 amide bonds. The van der Waals surface area contributed by atoms with Crippen LogP contribution in [0, 0.1) is 0 Å². The summed E-state index contributed by atoms with van der Waals surface area (Å²) in [5.74, 6) is 0.648. The molecule has 0 atom stereocenters. The van der Waals surface area contributed by atoms with Gasteiger partial charge in [0.2, 0.25) is 0 Å². The molecule has 0 aromatic carbocycles. The van der Waals surface area contributed by atoms with Gasteiger partial charge in [0.05, 0.1) is 5.02 Å². The molecule has 3 rings (SSSR count). The van der Waals surface area contributed by atoms with Gasteiger partial charge in [0.25, 0.3) is 0 Å².